The molecule has 0 unspecified atom stereocenters. The molecular formula is C17H32NO+. The van der Waals surface area contributed by atoms with Crippen LogP contribution in [0, 0.1) is 0 Å². The Bertz CT molecular complexity index is 269. The number of rotatable bonds is 13. The number of aryl methyl sites for hydroxylation is 1. The van der Waals surface area contributed by atoms with Crippen molar-refractivity contribution in [3.05, 3.63) is 18.9 Å². The normalized spacial score (nSPS) is 11.0. The van der Waals surface area contributed by atoms with Gasteiger partial charge in [-0.2, -0.15) is 4.57 Å². The summed E-state index contributed by atoms with van der Waals surface area (Å²) in [5.74, 6) is 0. The van der Waals surface area contributed by atoms with E-state index < -0.39 is 0 Å². The number of hydrogen-bond acceptors (Lipinski definition) is 1. The molecule has 0 amide bonds. The lowest BCUT2D eigenvalue weighted by atomic mass is 10.1. The van der Waals surface area contributed by atoms with Gasteiger partial charge in [-0.1, -0.05) is 71.1 Å². The maximum Gasteiger partial charge on any atom is 0.334 e. The third kappa shape index (κ3) is 9.75. The lowest BCUT2D eigenvalue weighted by molar-refractivity contribution is -0.700. The summed E-state index contributed by atoms with van der Waals surface area (Å²) in [5.41, 5.74) is 0. The molecule has 0 N–H and O–H groups in total. The second kappa shape index (κ2) is 12.3. The Labute approximate surface area is 119 Å². The lowest BCUT2D eigenvalue weighted by Crippen LogP contribution is -2.29. The molecule has 0 atom stereocenters. The lowest BCUT2D eigenvalue weighted by Gasteiger charge is -2.01. The Hall–Kier alpha value is -0.790. The molecule has 0 saturated heterocycles. The molecule has 0 fully saturated rings. The molecule has 1 heterocycles. The maximum absolute atomic E-state index is 5.03. The van der Waals surface area contributed by atoms with Crippen molar-refractivity contribution in [1.82, 2.24) is 0 Å². The minimum absolute atomic E-state index is 1.11. The van der Waals surface area contributed by atoms with E-state index in [9.17, 15) is 0 Å². The smallest absolute Gasteiger partial charge is 0.334 e. The molecule has 0 radical (unpaired) electrons. The standard InChI is InChI=1S/C17H32NO/c1-2-3-4-5-6-7-8-9-10-11-12-13-14-18-15-16-19-17-18/h15-17H,2-14H2,1H3/q+1. The van der Waals surface area contributed by atoms with E-state index in [1.807, 2.05) is 6.20 Å². The highest BCUT2D eigenvalue weighted by atomic mass is 16.3. The van der Waals surface area contributed by atoms with Gasteiger partial charge in [-0.15, -0.1) is 0 Å². The zero-order valence-electron chi connectivity index (χ0n) is 12.8. The van der Waals surface area contributed by atoms with Gasteiger partial charge < -0.3 is 4.42 Å². The summed E-state index contributed by atoms with van der Waals surface area (Å²) < 4.78 is 7.16. The van der Waals surface area contributed by atoms with E-state index in [0.717, 1.165) is 6.54 Å². The number of nitrogens with zero attached hydrogens (tertiary/aromatic N) is 1. The molecule has 19 heavy (non-hydrogen) atoms. The van der Waals surface area contributed by atoms with Crippen LogP contribution in [0.2, 0.25) is 0 Å². The van der Waals surface area contributed by atoms with Crippen LogP contribution in [0.3, 0.4) is 0 Å². The first kappa shape index (κ1) is 16.3. The highest BCUT2D eigenvalue weighted by molar-refractivity contribution is 4.49. The van der Waals surface area contributed by atoms with Gasteiger partial charge in [0.2, 0.25) is 6.20 Å². The highest BCUT2D eigenvalue weighted by Gasteiger charge is 2.00. The molecule has 0 bridgehead atoms. The SMILES string of the molecule is CCCCCCCCCCCCCC[n+]1ccoc1. The van der Waals surface area contributed by atoms with Crippen LogP contribution in [0.1, 0.15) is 84.0 Å². The van der Waals surface area contributed by atoms with E-state index in [4.69, 9.17) is 4.42 Å². The van der Waals surface area contributed by atoms with Gasteiger partial charge in [0.15, 0.2) is 12.8 Å². The summed E-state index contributed by atoms with van der Waals surface area (Å²) in [6.07, 6.45) is 22.5. The van der Waals surface area contributed by atoms with Crippen LogP contribution in [-0.4, -0.2) is 0 Å². The Morgan fingerprint density at radius 2 is 1.26 bits per heavy atom. The van der Waals surface area contributed by atoms with Gasteiger partial charge in [-0.05, 0) is 6.42 Å². The molecule has 110 valence electrons. The number of aromatic nitrogens is 1. The molecule has 1 aromatic heterocycles. The fourth-order valence-electron chi connectivity index (χ4n) is 2.52. The summed E-state index contributed by atoms with van der Waals surface area (Å²) >= 11 is 0. The van der Waals surface area contributed by atoms with Crippen LogP contribution >= 0.6 is 0 Å². The summed E-state index contributed by atoms with van der Waals surface area (Å²) in [6, 6.07) is 0. The first-order chi connectivity index (χ1) is 9.43. The number of hydrogen-bond donors (Lipinski definition) is 0. The monoisotopic (exact) mass is 266 g/mol. The van der Waals surface area contributed by atoms with Crippen LogP contribution < -0.4 is 4.57 Å². The zero-order chi connectivity index (χ0) is 13.6. The van der Waals surface area contributed by atoms with Crippen LogP contribution in [0.25, 0.3) is 0 Å². The predicted molar refractivity (Wildman–Crippen MR) is 80.0 cm³/mol. The zero-order valence-corrected chi connectivity index (χ0v) is 12.8. The van der Waals surface area contributed by atoms with Gasteiger partial charge in [0.05, 0.1) is 0 Å². The molecule has 0 saturated carbocycles. The summed E-state index contributed by atoms with van der Waals surface area (Å²) in [5, 5.41) is 0. The van der Waals surface area contributed by atoms with Gasteiger partial charge in [-0.25, -0.2) is 0 Å². The highest BCUT2D eigenvalue weighted by Crippen LogP contribution is 2.11. The fraction of sp³-hybridized carbons (Fsp3) is 0.824. The van der Waals surface area contributed by atoms with Crippen molar-refractivity contribution in [3.63, 3.8) is 0 Å². The van der Waals surface area contributed by atoms with Gasteiger partial charge in [-0.3, -0.25) is 0 Å². The second-order valence-corrected chi connectivity index (χ2v) is 5.65. The van der Waals surface area contributed by atoms with Gasteiger partial charge in [0.1, 0.15) is 0 Å². The summed E-state index contributed by atoms with van der Waals surface area (Å²) in [4.78, 5) is 0. The van der Waals surface area contributed by atoms with Crippen LogP contribution in [0.15, 0.2) is 23.3 Å². The quantitative estimate of drug-likeness (QED) is 0.351. The van der Waals surface area contributed by atoms with Crippen molar-refractivity contribution in [2.75, 3.05) is 0 Å². The van der Waals surface area contributed by atoms with Crippen LogP contribution in [0.4, 0.5) is 0 Å². The third-order valence-corrected chi connectivity index (χ3v) is 3.80. The molecule has 0 spiro atoms. The maximum atomic E-state index is 5.03. The Balaban J connectivity index is 1.72. The average Bonchev–Trinajstić information content (AvgIpc) is 2.93. The predicted octanol–water partition coefficient (Wildman–Crippen LogP) is 5.27. The van der Waals surface area contributed by atoms with Gasteiger partial charge >= 0.3 is 6.39 Å². The van der Waals surface area contributed by atoms with E-state index >= 15 is 0 Å². The molecule has 0 aliphatic heterocycles. The van der Waals surface area contributed by atoms with E-state index in [-0.39, 0.29) is 0 Å². The van der Waals surface area contributed by atoms with Crippen LogP contribution in [0.5, 0.6) is 0 Å². The van der Waals surface area contributed by atoms with Crippen molar-refractivity contribution in [1.29, 1.82) is 0 Å². The van der Waals surface area contributed by atoms with Crippen molar-refractivity contribution in [2.24, 2.45) is 0 Å². The topological polar surface area (TPSA) is 17.0 Å². The molecule has 0 aliphatic rings. The van der Waals surface area contributed by atoms with E-state index in [0.29, 0.717) is 0 Å². The van der Waals surface area contributed by atoms with Crippen molar-refractivity contribution < 1.29 is 8.98 Å². The molecule has 1 aromatic rings. The third-order valence-electron chi connectivity index (χ3n) is 3.80. The minimum atomic E-state index is 1.11. The second-order valence-electron chi connectivity index (χ2n) is 5.65. The number of unbranched alkanes of at least 4 members (excludes halogenated alkanes) is 11. The minimum Gasteiger partial charge on any atom is -0.412 e. The molecule has 1 rings (SSSR count). The average molecular weight is 266 g/mol. The largest absolute Gasteiger partial charge is 0.412 e. The first-order valence-corrected chi connectivity index (χ1v) is 8.34. The fourth-order valence-corrected chi connectivity index (χ4v) is 2.52. The van der Waals surface area contributed by atoms with Crippen molar-refractivity contribution in [3.8, 4) is 0 Å². The van der Waals surface area contributed by atoms with Crippen molar-refractivity contribution >= 4 is 0 Å². The van der Waals surface area contributed by atoms with Crippen molar-refractivity contribution in [2.45, 2.75) is 90.5 Å². The summed E-state index contributed by atoms with van der Waals surface area (Å²) in [6.45, 7) is 3.39. The molecular weight excluding hydrogens is 234 g/mol. The van der Waals surface area contributed by atoms with E-state index in [1.54, 1.807) is 12.7 Å². The van der Waals surface area contributed by atoms with Gasteiger partial charge in [0, 0.05) is 6.42 Å². The molecule has 2 heteroatoms. The van der Waals surface area contributed by atoms with Crippen LogP contribution in [-0.2, 0) is 6.54 Å². The first-order valence-electron chi connectivity index (χ1n) is 8.34. The van der Waals surface area contributed by atoms with E-state index in [2.05, 4.69) is 11.5 Å². The van der Waals surface area contributed by atoms with E-state index in [1.165, 1.54) is 77.0 Å². The molecule has 2 nitrogen and oxygen atoms in total. The Kier molecular flexibility index (Phi) is 10.5. The molecule has 0 aromatic carbocycles. The Morgan fingerprint density at radius 1 is 0.737 bits per heavy atom. The Morgan fingerprint density at radius 3 is 1.74 bits per heavy atom. The van der Waals surface area contributed by atoms with Gasteiger partial charge in [0.25, 0.3) is 0 Å². The number of oxazole rings is 1. The summed E-state index contributed by atoms with van der Waals surface area (Å²) in [7, 11) is 0. The molecule has 0 aliphatic carbocycles.